The Kier molecular flexibility index (Phi) is 2.77. The van der Waals surface area contributed by atoms with Gasteiger partial charge in [0.15, 0.2) is 0 Å². The van der Waals surface area contributed by atoms with E-state index in [0.29, 0.717) is 0 Å². The Labute approximate surface area is 38.0 Å². The van der Waals surface area contributed by atoms with E-state index in [1.165, 1.54) is 0 Å². The van der Waals surface area contributed by atoms with Gasteiger partial charge in [-0.1, -0.05) is 9.24 Å². The first-order chi connectivity index (χ1) is 2.77. The number of carbonyl (C=O) groups excluding carboxylic acids is 1. The van der Waals surface area contributed by atoms with E-state index in [-0.39, 0.29) is 6.35 Å². The molecule has 0 saturated carbocycles. The van der Waals surface area contributed by atoms with E-state index in [0.717, 1.165) is 0 Å². The number of nitrogens with two attached hydrogens (primary N) is 1. The maximum Gasteiger partial charge on any atom is 0.404 e. The molecule has 0 rings (SSSR count). The van der Waals surface area contributed by atoms with Crippen LogP contribution in [0.15, 0.2) is 0 Å². The van der Waals surface area contributed by atoms with E-state index in [2.05, 4.69) is 19.7 Å². The van der Waals surface area contributed by atoms with Crippen LogP contribution in [-0.2, 0) is 4.74 Å². The predicted octanol–water partition coefficient (Wildman–Crippen LogP) is -0.0857. The van der Waals surface area contributed by atoms with Gasteiger partial charge in [0.25, 0.3) is 0 Å². The Morgan fingerprint density at radius 3 is 2.50 bits per heavy atom. The number of primary amides is 1. The third-order valence-corrected chi connectivity index (χ3v) is 0.392. The fourth-order valence-corrected chi connectivity index (χ4v) is 0.246. The van der Waals surface area contributed by atoms with Crippen LogP contribution in [0.3, 0.4) is 0 Å². The summed E-state index contributed by atoms with van der Waals surface area (Å²) in [5.41, 5.74) is 4.53. The van der Waals surface area contributed by atoms with Gasteiger partial charge in [0.2, 0.25) is 0 Å². The fraction of sp³-hybridized carbons (Fsp3) is 0.500. The average Bonchev–Trinajstić information content (AvgIpc) is 1.35. The molecule has 0 spiro atoms. The van der Waals surface area contributed by atoms with E-state index in [4.69, 9.17) is 0 Å². The Morgan fingerprint density at radius 1 is 2.00 bits per heavy atom. The summed E-state index contributed by atoms with van der Waals surface area (Å²) in [6.45, 7) is 0. The Morgan fingerprint density at radius 2 is 2.50 bits per heavy atom. The lowest BCUT2D eigenvalue weighted by molar-refractivity contribution is 0.176. The third kappa shape index (κ3) is 3.70. The predicted molar refractivity (Wildman–Crippen MR) is 25.2 cm³/mol. The van der Waals surface area contributed by atoms with Gasteiger partial charge < -0.3 is 10.5 Å². The van der Waals surface area contributed by atoms with Crippen molar-refractivity contribution in [2.75, 3.05) is 6.35 Å². The molecule has 1 unspecified atom stereocenters. The average molecular weight is 107 g/mol. The van der Waals surface area contributed by atoms with E-state index >= 15 is 0 Å². The molecule has 1 atom stereocenters. The lowest BCUT2D eigenvalue weighted by Crippen LogP contribution is -2.11. The van der Waals surface area contributed by atoms with Crippen molar-refractivity contribution in [2.45, 2.75) is 0 Å². The molecule has 0 aliphatic rings. The van der Waals surface area contributed by atoms with Crippen LogP contribution in [0.25, 0.3) is 0 Å². The second-order valence-corrected chi connectivity index (χ2v) is 0.963. The molecular weight excluding hydrogens is 101 g/mol. The minimum absolute atomic E-state index is 0.273. The van der Waals surface area contributed by atoms with Crippen molar-refractivity contribution in [1.29, 1.82) is 0 Å². The van der Waals surface area contributed by atoms with Crippen molar-refractivity contribution in [3.8, 4) is 0 Å². The van der Waals surface area contributed by atoms with Gasteiger partial charge in [-0.25, -0.2) is 4.79 Å². The van der Waals surface area contributed by atoms with Crippen LogP contribution < -0.4 is 5.73 Å². The minimum atomic E-state index is -0.731. The normalized spacial score (nSPS) is 7.50. The molecule has 0 aliphatic carbocycles. The molecule has 0 aromatic rings. The van der Waals surface area contributed by atoms with Crippen molar-refractivity contribution in [2.24, 2.45) is 5.73 Å². The molecule has 3 nitrogen and oxygen atoms in total. The minimum Gasteiger partial charge on any atom is -0.446 e. The first-order valence-corrected chi connectivity index (χ1v) is 2.21. The number of amides is 1. The highest BCUT2D eigenvalue weighted by Crippen LogP contribution is 1.79. The molecule has 0 aliphatic heterocycles. The summed E-state index contributed by atoms with van der Waals surface area (Å²) in [5, 5.41) is 0. The second-order valence-electron chi connectivity index (χ2n) is 0.630. The zero-order chi connectivity index (χ0) is 4.99. The van der Waals surface area contributed by atoms with E-state index in [1.807, 2.05) is 0 Å². The van der Waals surface area contributed by atoms with Gasteiger partial charge >= 0.3 is 6.09 Å². The Bertz CT molecular complexity index is 55.5. The summed E-state index contributed by atoms with van der Waals surface area (Å²) >= 11 is 0. The fourth-order valence-electron chi connectivity index (χ4n) is 0.0821. The summed E-state index contributed by atoms with van der Waals surface area (Å²) in [6, 6.07) is 0. The maximum absolute atomic E-state index is 9.59. The summed E-state index contributed by atoms with van der Waals surface area (Å²) in [7, 11) is 2.20. The van der Waals surface area contributed by atoms with Crippen LogP contribution in [0, 0.1) is 0 Å². The Hall–Kier alpha value is -0.300. The molecule has 0 aromatic carbocycles. The van der Waals surface area contributed by atoms with Gasteiger partial charge in [-0.3, -0.25) is 0 Å². The van der Waals surface area contributed by atoms with Crippen molar-refractivity contribution >= 4 is 15.3 Å². The van der Waals surface area contributed by atoms with Crippen molar-refractivity contribution in [3.05, 3.63) is 0 Å². The smallest absolute Gasteiger partial charge is 0.404 e. The van der Waals surface area contributed by atoms with Crippen LogP contribution in [0.2, 0.25) is 0 Å². The van der Waals surface area contributed by atoms with Crippen LogP contribution in [0.4, 0.5) is 4.79 Å². The largest absolute Gasteiger partial charge is 0.446 e. The summed E-state index contributed by atoms with van der Waals surface area (Å²) < 4.78 is 4.14. The molecule has 2 N–H and O–H groups in total. The van der Waals surface area contributed by atoms with Crippen LogP contribution in [-0.4, -0.2) is 12.4 Å². The first-order valence-electron chi connectivity index (χ1n) is 1.39. The highest BCUT2D eigenvalue weighted by molar-refractivity contribution is 7.16. The van der Waals surface area contributed by atoms with Crippen molar-refractivity contribution in [1.82, 2.24) is 0 Å². The molecule has 0 saturated heterocycles. The molecule has 0 fully saturated rings. The number of rotatable bonds is 1. The van der Waals surface area contributed by atoms with Crippen LogP contribution in [0.1, 0.15) is 0 Å². The van der Waals surface area contributed by atoms with Gasteiger partial charge in [0.1, 0.15) is 6.35 Å². The number of hydrogen-bond donors (Lipinski definition) is 1. The Balaban J connectivity index is 2.83. The third-order valence-electron chi connectivity index (χ3n) is 0.226. The quantitative estimate of drug-likeness (QED) is 0.476. The molecular formula is C2H6NO2P. The van der Waals surface area contributed by atoms with Gasteiger partial charge in [-0.05, 0) is 0 Å². The van der Waals surface area contributed by atoms with Crippen molar-refractivity contribution < 1.29 is 9.53 Å². The topological polar surface area (TPSA) is 52.3 Å². The molecule has 4 heteroatoms. The summed E-state index contributed by atoms with van der Waals surface area (Å²) in [5.74, 6) is 0. The van der Waals surface area contributed by atoms with Gasteiger partial charge in [-0.15, -0.1) is 0 Å². The second kappa shape index (κ2) is 2.91. The van der Waals surface area contributed by atoms with Gasteiger partial charge in [0, 0.05) is 0 Å². The maximum atomic E-state index is 9.59. The van der Waals surface area contributed by atoms with Gasteiger partial charge in [0.05, 0.1) is 0 Å². The zero-order valence-electron chi connectivity index (χ0n) is 3.18. The molecule has 36 valence electrons. The number of ether oxygens (including phenoxy) is 1. The molecule has 1 amide bonds. The molecule has 0 aromatic heterocycles. The zero-order valence-corrected chi connectivity index (χ0v) is 4.33. The lowest BCUT2D eigenvalue weighted by Gasteiger charge is -1.89. The van der Waals surface area contributed by atoms with E-state index < -0.39 is 6.09 Å². The van der Waals surface area contributed by atoms with Crippen LogP contribution in [0.5, 0.6) is 0 Å². The first kappa shape index (κ1) is 5.70. The number of carbonyl (C=O) groups is 1. The number of hydrogen-bond acceptors (Lipinski definition) is 2. The van der Waals surface area contributed by atoms with Gasteiger partial charge in [-0.2, -0.15) is 0 Å². The standard InChI is InChI=1S/C2H6NO2P/c3-2(4)5-1-6/h1,6H2,(H2,3,4). The highest BCUT2D eigenvalue weighted by atomic mass is 31.0. The highest BCUT2D eigenvalue weighted by Gasteiger charge is 1.82. The molecule has 0 bridgehead atoms. The van der Waals surface area contributed by atoms with Crippen LogP contribution >= 0.6 is 9.24 Å². The molecule has 0 radical (unpaired) electrons. The monoisotopic (exact) mass is 107 g/mol. The summed E-state index contributed by atoms with van der Waals surface area (Å²) in [6.07, 6.45) is -0.458. The molecule has 0 heterocycles. The SMILES string of the molecule is NC(=O)OCP. The van der Waals surface area contributed by atoms with E-state index in [9.17, 15) is 4.79 Å². The van der Waals surface area contributed by atoms with E-state index in [1.54, 1.807) is 0 Å². The van der Waals surface area contributed by atoms with Crippen molar-refractivity contribution in [3.63, 3.8) is 0 Å². The lowest BCUT2D eigenvalue weighted by atomic mass is 11.2. The summed E-state index contributed by atoms with van der Waals surface area (Å²) in [4.78, 5) is 9.59. The molecule has 6 heavy (non-hydrogen) atoms.